The van der Waals surface area contributed by atoms with Crippen LogP contribution in [-0.2, 0) is 4.79 Å². The van der Waals surface area contributed by atoms with E-state index in [9.17, 15) is 9.59 Å². The van der Waals surface area contributed by atoms with E-state index < -0.39 is 0 Å². The van der Waals surface area contributed by atoms with Gasteiger partial charge in [-0.15, -0.1) is 23.1 Å². The molecule has 0 fully saturated rings. The average Bonchev–Trinajstić information content (AvgIpc) is 3.43. The second-order valence-electron chi connectivity index (χ2n) is 6.37. The van der Waals surface area contributed by atoms with Gasteiger partial charge in [-0.1, -0.05) is 17.4 Å². The van der Waals surface area contributed by atoms with Crippen molar-refractivity contribution >= 4 is 67.3 Å². The van der Waals surface area contributed by atoms with Crippen molar-refractivity contribution in [1.29, 1.82) is 0 Å². The molecule has 0 radical (unpaired) electrons. The van der Waals surface area contributed by atoms with Gasteiger partial charge in [0, 0.05) is 10.6 Å². The van der Waals surface area contributed by atoms with Crippen LogP contribution in [-0.4, -0.2) is 29.2 Å². The number of hydrogen-bond donors (Lipinski definition) is 2. The number of amides is 2. The molecule has 0 spiro atoms. The minimum Gasteiger partial charge on any atom is -0.494 e. The number of nitrogens with one attached hydrogen (secondary N) is 2. The molecule has 9 heteroatoms. The molecule has 0 aliphatic carbocycles. The lowest BCUT2D eigenvalue weighted by Crippen LogP contribution is -2.13. The molecule has 2 aromatic heterocycles. The van der Waals surface area contributed by atoms with Gasteiger partial charge in [0.25, 0.3) is 5.91 Å². The van der Waals surface area contributed by atoms with Gasteiger partial charge in [0.15, 0.2) is 5.13 Å². The van der Waals surface area contributed by atoms with E-state index in [1.165, 1.54) is 34.4 Å². The van der Waals surface area contributed by atoms with Gasteiger partial charge in [-0.25, -0.2) is 4.98 Å². The third-order valence-corrected chi connectivity index (χ3v) is 6.96. The zero-order valence-corrected chi connectivity index (χ0v) is 19.0. The number of carbonyl (C=O) groups is 2. The highest BCUT2D eigenvalue weighted by Gasteiger charge is 2.10. The molecule has 0 saturated carbocycles. The molecule has 158 valence electrons. The molecule has 0 atom stereocenters. The van der Waals surface area contributed by atoms with Gasteiger partial charge in [0.2, 0.25) is 5.91 Å². The normalized spacial score (nSPS) is 10.7. The van der Waals surface area contributed by atoms with Gasteiger partial charge in [0.05, 0.1) is 27.5 Å². The molecule has 0 saturated heterocycles. The fourth-order valence-corrected chi connectivity index (χ4v) is 4.98. The number of rotatable bonds is 8. The van der Waals surface area contributed by atoms with Gasteiger partial charge in [-0.05, 0) is 60.8 Å². The third kappa shape index (κ3) is 5.63. The zero-order valence-electron chi connectivity index (χ0n) is 16.6. The molecule has 31 heavy (non-hydrogen) atoms. The lowest BCUT2D eigenvalue weighted by Gasteiger charge is -2.06. The molecule has 6 nitrogen and oxygen atoms in total. The third-order valence-electron chi connectivity index (χ3n) is 4.14. The summed E-state index contributed by atoms with van der Waals surface area (Å²) in [5.41, 5.74) is 1.55. The number of thiophene rings is 1. The highest BCUT2D eigenvalue weighted by Crippen LogP contribution is 2.29. The number of benzene rings is 2. The van der Waals surface area contributed by atoms with Gasteiger partial charge >= 0.3 is 0 Å². The minimum atomic E-state index is -0.126. The van der Waals surface area contributed by atoms with Crippen LogP contribution in [0.15, 0.2) is 64.9 Å². The number of nitrogens with zero attached hydrogens (tertiary/aromatic N) is 1. The Morgan fingerprint density at radius 1 is 1.10 bits per heavy atom. The number of ether oxygens (including phenoxy) is 1. The summed E-state index contributed by atoms with van der Waals surface area (Å²) in [4.78, 5) is 30.5. The van der Waals surface area contributed by atoms with Crippen LogP contribution in [0.1, 0.15) is 16.6 Å². The Hall–Kier alpha value is -2.88. The van der Waals surface area contributed by atoms with Crippen molar-refractivity contribution < 1.29 is 14.3 Å². The molecule has 4 rings (SSSR count). The first-order chi connectivity index (χ1) is 15.1. The molecule has 0 unspecified atom stereocenters. The predicted octanol–water partition coefficient (Wildman–Crippen LogP) is 5.74. The standard InChI is InChI=1S/C22H19N3O3S3/c1-2-28-15-7-10-17-19(12-15)31-22(24-17)25-20(26)13-30-16-8-5-14(6-9-16)23-21(27)18-4-3-11-29-18/h3-12H,2,13H2,1H3,(H,23,27)(H,24,25,26). The molecular formula is C22H19N3O3S3. The van der Waals surface area contributed by atoms with Crippen molar-refractivity contribution in [2.45, 2.75) is 11.8 Å². The molecule has 0 aliphatic rings. The molecule has 0 bridgehead atoms. The molecular weight excluding hydrogens is 450 g/mol. The van der Waals surface area contributed by atoms with E-state index in [4.69, 9.17) is 4.74 Å². The van der Waals surface area contributed by atoms with E-state index in [1.807, 2.05) is 60.8 Å². The Morgan fingerprint density at radius 3 is 2.68 bits per heavy atom. The van der Waals surface area contributed by atoms with Crippen molar-refractivity contribution in [1.82, 2.24) is 4.98 Å². The molecule has 2 heterocycles. The summed E-state index contributed by atoms with van der Waals surface area (Å²) in [6.45, 7) is 2.54. The first-order valence-electron chi connectivity index (χ1n) is 9.51. The lowest BCUT2D eigenvalue weighted by atomic mass is 10.3. The van der Waals surface area contributed by atoms with E-state index in [2.05, 4.69) is 15.6 Å². The van der Waals surface area contributed by atoms with Gasteiger partial charge in [-0.3, -0.25) is 9.59 Å². The van der Waals surface area contributed by atoms with E-state index in [0.717, 1.165) is 20.9 Å². The summed E-state index contributed by atoms with van der Waals surface area (Å²) in [5.74, 6) is 0.811. The quantitative estimate of drug-likeness (QED) is 0.322. The summed E-state index contributed by atoms with van der Waals surface area (Å²) in [6, 6.07) is 16.7. The predicted molar refractivity (Wildman–Crippen MR) is 129 cm³/mol. The van der Waals surface area contributed by atoms with E-state index in [0.29, 0.717) is 22.3 Å². The van der Waals surface area contributed by atoms with Crippen LogP contribution in [0.25, 0.3) is 10.2 Å². The van der Waals surface area contributed by atoms with Crippen molar-refractivity contribution in [3.05, 3.63) is 64.9 Å². The van der Waals surface area contributed by atoms with Crippen molar-refractivity contribution in [3.63, 3.8) is 0 Å². The average molecular weight is 470 g/mol. The van der Waals surface area contributed by atoms with Crippen molar-refractivity contribution in [3.8, 4) is 5.75 Å². The monoisotopic (exact) mass is 469 g/mol. The van der Waals surface area contributed by atoms with E-state index in [-0.39, 0.29) is 17.6 Å². The summed E-state index contributed by atoms with van der Waals surface area (Å²) < 4.78 is 6.47. The van der Waals surface area contributed by atoms with E-state index >= 15 is 0 Å². The molecule has 4 aromatic rings. The SMILES string of the molecule is CCOc1ccc2nc(NC(=O)CSc3ccc(NC(=O)c4cccs4)cc3)sc2c1. The number of thioether (sulfide) groups is 1. The van der Waals surface area contributed by atoms with Crippen LogP contribution in [0, 0.1) is 0 Å². The maximum Gasteiger partial charge on any atom is 0.265 e. The number of aromatic nitrogens is 1. The van der Waals surface area contributed by atoms with Crippen LogP contribution < -0.4 is 15.4 Å². The maximum absolute atomic E-state index is 12.3. The Labute approximate surface area is 191 Å². The van der Waals surface area contributed by atoms with Crippen LogP contribution in [0.4, 0.5) is 10.8 Å². The maximum atomic E-state index is 12.3. The second-order valence-corrected chi connectivity index (χ2v) is 9.40. The smallest absolute Gasteiger partial charge is 0.265 e. The number of fused-ring (bicyclic) bond motifs is 1. The number of hydrogen-bond acceptors (Lipinski definition) is 7. The number of carbonyl (C=O) groups excluding carboxylic acids is 2. The first kappa shape index (κ1) is 21.4. The Kier molecular flexibility index (Phi) is 6.86. The number of thiazole rings is 1. The van der Waals surface area contributed by atoms with E-state index in [1.54, 1.807) is 6.07 Å². The Morgan fingerprint density at radius 2 is 1.94 bits per heavy atom. The van der Waals surface area contributed by atoms with Gasteiger partial charge < -0.3 is 15.4 Å². The summed E-state index contributed by atoms with van der Waals surface area (Å²) in [7, 11) is 0. The van der Waals surface area contributed by atoms with Crippen LogP contribution >= 0.6 is 34.4 Å². The minimum absolute atomic E-state index is 0.121. The molecule has 0 aliphatic heterocycles. The largest absolute Gasteiger partial charge is 0.494 e. The number of anilines is 2. The van der Waals surface area contributed by atoms with Crippen molar-refractivity contribution in [2.75, 3.05) is 23.0 Å². The Balaban J connectivity index is 1.29. The highest BCUT2D eigenvalue weighted by atomic mass is 32.2. The Bertz CT molecular complexity index is 1190. The van der Waals surface area contributed by atoms with Crippen LogP contribution in [0.5, 0.6) is 5.75 Å². The van der Waals surface area contributed by atoms with Crippen molar-refractivity contribution in [2.24, 2.45) is 0 Å². The lowest BCUT2D eigenvalue weighted by molar-refractivity contribution is -0.113. The summed E-state index contributed by atoms with van der Waals surface area (Å²) in [5, 5.41) is 8.16. The van der Waals surface area contributed by atoms with Crippen LogP contribution in [0.3, 0.4) is 0 Å². The summed E-state index contributed by atoms with van der Waals surface area (Å²) >= 11 is 4.24. The first-order valence-corrected chi connectivity index (χ1v) is 12.2. The zero-order chi connectivity index (χ0) is 21.6. The fraction of sp³-hybridized carbons (Fsp3) is 0.136. The molecule has 2 amide bonds. The highest BCUT2D eigenvalue weighted by molar-refractivity contribution is 8.00. The van der Waals surface area contributed by atoms with Crippen LogP contribution in [0.2, 0.25) is 0 Å². The molecule has 2 N–H and O–H groups in total. The fourth-order valence-electron chi connectivity index (χ4n) is 2.75. The topological polar surface area (TPSA) is 80.3 Å². The van der Waals surface area contributed by atoms with Gasteiger partial charge in [0.1, 0.15) is 5.75 Å². The second kappa shape index (κ2) is 9.95. The van der Waals surface area contributed by atoms with Gasteiger partial charge in [-0.2, -0.15) is 0 Å². The summed E-state index contributed by atoms with van der Waals surface area (Å²) in [6.07, 6.45) is 0. The molecule has 2 aromatic carbocycles.